The van der Waals surface area contributed by atoms with Gasteiger partial charge in [0.25, 0.3) is 5.91 Å². The lowest BCUT2D eigenvalue weighted by molar-refractivity contribution is 0.101. The number of rotatable bonds is 4. The van der Waals surface area contributed by atoms with E-state index in [1.165, 1.54) is 11.3 Å². The number of ketones is 1. The molecule has 0 aliphatic carbocycles. The summed E-state index contributed by atoms with van der Waals surface area (Å²) < 4.78 is 0. The highest BCUT2D eigenvalue weighted by atomic mass is 32.1. The van der Waals surface area contributed by atoms with Crippen molar-refractivity contribution in [3.05, 3.63) is 82.3 Å². The maximum Gasteiger partial charge on any atom is 0.275 e. The molecule has 1 N–H and O–H groups in total. The highest BCUT2D eigenvalue weighted by molar-refractivity contribution is 7.07. The first kappa shape index (κ1) is 14.2. The Morgan fingerprint density at radius 2 is 1.73 bits per heavy atom. The Morgan fingerprint density at radius 1 is 0.955 bits per heavy atom. The van der Waals surface area contributed by atoms with E-state index in [0.717, 1.165) is 0 Å². The molecule has 0 saturated heterocycles. The average molecular weight is 308 g/mol. The van der Waals surface area contributed by atoms with Crippen LogP contribution in [0.15, 0.2) is 65.5 Å². The standard InChI is InChI=1S/C17H12N2O2S/c20-16(12-5-2-1-3-6-12)13-7-4-8-14(9-13)19-17(21)15-10-22-11-18-15/h1-11H,(H,19,21). The second-order valence-electron chi connectivity index (χ2n) is 4.60. The second-order valence-corrected chi connectivity index (χ2v) is 5.32. The fourth-order valence-electron chi connectivity index (χ4n) is 2.01. The molecule has 1 aromatic heterocycles. The van der Waals surface area contributed by atoms with Gasteiger partial charge in [-0.05, 0) is 12.1 Å². The molecule has 0 atom stereocenters. The van der Waals surface area contributed by atoms with Crippen molar-refractivity contribution in [1.82, 2.24) is 4.98 Å². The van der Waals surface area contributed by atoms with Crippen LogP contribution < -0.4 is 5.32 Å². The monoisotopic (exact) mass is 308 g/mol. The first-order valence-electron chi connectivity index (χ1n) is 6.63. The molecule has 1 amide bonds. The van der Waals surface area contributed by atoms with Crippen molar-refractivity contribution in [2.75, 3.05) is 5.32 Å². The number of anilines is 1. The van der Waals surface area contributed by atoms with Gasteiger partial charge in [-0.1, -0.05) is 42.5 Å². The van der Waals surface area contributed by atoms with Gasteiger partial charge in [0.05, 0.1) is 5.51 Å². The Bertz CT molecular complexity index is 799. The maximum absolute atomic E-state index is 12.4. The van der Waals surface area contributed by atoms with Crippen molar-refractivity contribution in [2.24, 2.45) is 0 Å². The lowest BCUT2D eigenvalue weighted by atomic mass is 10.0. The van der Waals surface area contributed by atoms with E-state index >= 15 is 0 Å². The molecule has 1 heterocycles. The van der Waals surface area contributed by atoms with Crippen LogP contribution in [0.1, 0.15) is 26.4 Å². The Hall–Kier alpha value is -2.79. The highest BCUT2D eigenvalue weighted by Gasteiger charge is 2.11. The number of hydrogen-bond donors (Lipinski definition) is 1. The zero-order valence-electron chi connectivity index (χ0n) is 11.5. The van der Waals surface area contributed by atoms with Gasteiger partial charge in [0.1, 0.15) is 5.69 Å². The summed E-state index contributed by atoms with van der Waals surface area (Å²) in [7, 11) is 0. The van der Waals surface area contributed by atoms with E-state index in [1.807, 2.05) is 18.2 Å². The minimum Gasteiger partial charge on any atom is -0.321 e. The normalized spacial score (nSPS) is 10.2. The summed E-state index contributed by atoms with van der Waals surface area (Å²) >= 11 is 1.36. The van der Waals surface area contributed by atoms with Gasteiger partial charge in [0, 0.05) is 22.2 Å². The van der Waals surface area contributed by atoms with E-state index in [1.54, 1.807) is 47.3 Å². The highest BCUT2D eigenvalue weighted by Crippen LogP contribution is 2.16. The molecule has 0 fully saturated rings. The molecular weight excluding hydrogens is 296 g/mol. The molecule has 3 aromatic rings. The number of amides is 1. The second kappa shape index (κ2) is 6.32. The van der Waals surface area contributed by atoms with Crippen molar-refractivity contribution in [3.63, 3.8) is 0 Å². The van der Waals surface area contributed by atoms with Gasteiger partial charge in [-0.15, -0.1) is 11.3 Å². The third-order valence-corrected chi connectivity index (χ3v) is 3.67. The molecule has 3 rings (SSSR count). The van der Waals surface area contributed by atoms with Crippen LogP contribution in [-0.2, 0) is 0 Å². The van der Waals surface area contributed by atoms with Gasteiger partial charge in [-0.3, -0.25) is 9.59 Å². The molecule has 5 heteroatoms. The van der Waals surface area contributed by atoms with Gasteiger partial charge >= 0.3 is 0 Å². The molecule has 2 aromatic carbocycles. The summed E-state index contributed by atoms with van der Waals surface area (Å²) in [6.07, 6.45) is 0. The first-order valence-corrected chi connectivity index (χ1v) is 7.57. The number of carbonyl (C=O) groups excluding carboxylic acids is 2. The summed E-state index contributed by atoms with van der Waals surface area (Å²) in [5.41, 5.74) is 3.68. The number of aromatic nitrogens is 1. The fourth-order valence-corrected chi connectivity index (χ4v) is 2.55. The first-order chi connectivity index (χ1) is 10.7. The van der Waals surface area contributed by atoms with Crippen LogP contribution in [-0.4, -0.2) is 16.7 Å². The number of thiazole rings is 1. The molecular formula is C17H12N2O2S. The third-order valence-electron chi connectivity index (χ3n) is 3.08. The molecule has 0 aliphatic heterocycles. The minimum atomic E-state index is -0.287. The predicted molar refractivity (Wildman–Crippen MR) is 86.4 cm³/mol. The van der Waals surface area contributed by atoms with Crippen LogP contribution in [0.5, 0.6) is 0 Å². The zero-order chi connectivity index (χ0) is 15.4. The molecule has 0 aliphatic rings. The van der Waals surface area contributed by atoms with Gasteiger partial charge in [0.2, 0.25) is 0 Å². The molecule has 0 spiro atoms. The van der Waals surface area contributed by atoms with E-state index in [-0.39, 0.29) is 11.7 Å². The molecule has 0 radical (unpaired) electrons. The quantitative estimate of drug-likeness (QED) is 0.749. The van der Waals surface area contributed by atoms with Crippen LogP contribution in [0.3, 0.4) is 0 Å². The van der Waals surface area contributed by atoms with Crippen molar-refractivity contribution < 1.29 is 9.59 Å². The number of nitrogens with one attached hydrogen (secondary N) is 1. The van der Waals surface area contributed by atoms with Crippen molar-refractivity contribution in [3.8, 4) is 0 Å². The number of nitrogens with zero attached hydrogens (tertiary/aromatic N) is 1. The van der Waals surface area contributed by atoms with Gasteiger partial charge in [0.15, 0.2) is 5.78 Å². The van der Waals surface area contributed by atoms with Crippen molar-refractivity contribution >= 4 is 28.7 Å². The maximum atomic E-state index is 12.4. The average Bonchev–Trinajstić information content (AvgIpc) is 3.10. The van der Waals surface area contributed by atoms with Crippen LogP contribution in [0.25, 0.3) is 0 Å². The summed E-state index contributed by atoms with van der Waals surface area (Å²) in [4.78, 5) is 28.3. The molecule has 22 heavy (non-hydrogen) atoms. The van der Waals surface area contributed by atoms with Gasteiger partial charge in [-0.2, -0.15) is 0 Å². The van der Waals surface area contributed by atoms with Crippen molar-refractivity contribution in [1.29, 1.82) is 0 Å². The third kappa shape index (κ3) is 3.10. The van der Waals surface area contributed by atoms with Crippen LogP contribution in [0, 0.1) is 0 Å². The predicted octanol–water partition coefficient (Wildman–Crippen LogP) is 3.63. The number of hydrogen-bond acceptors (Lipinski definition) is 4. The topological polar surface area (TPSA) is 59.1 Å². The van der Waals surface area contributed by atoms with E-state index in [4.69, 9.17) is 0 Å². The Morgan fingerprint density at radius 3 is 2.45 bits per heavy atom. The van der Waals surface area contributed by atoms with E-state index in [0.29, 0.717) is 22.5 Å². The van der Waals surface area contributed by atoms with Gasteiger partial charge < -0.3 is 5.32 Å². The zero-order valence-corrected chi connectivity index (χ0v) is 12.3. The van der Waals surface area contributed by atoms with Crippen molar-refractivity contribution in [2.45, 2.75) is 0 Å². The van der Waals surface area contributed by atoms with Gasteiger partial charge in [-0.25, -0.2) is 4.98 Å². The van der Waals surface area contributed by atoms with E-state index in [2.05, 4.69) is 10.3 Å². The minimum absolute atomic E-state index is 0.0784. The molecule has 108 valence electrons. The SMILES string of the molecule is O=C(c1ccccc1)c1cccc(NC(=O)c2cscn2)c1. The largest absolute Gasteiger partial charge is 0.321 e. The Labute approximate surface area is 131 Å². The fraction of sp³-hybridized carbons (Fsp3) is 0. The summed E-state index contributed by atoms with van der Waals surface area (Å²) in [6.45, 7) is 0. The molecule has 4 nitrogen and oxygen atoms in total. The molecule has 0 unspecified atom stereocenters. The summed E-state index contributed by atoms with van der Waals surface area (Å²) in [6, 6.07) is 15.9. The summed E-state index contributed by atoms with van der Waals surface area (Å²) in [5, 5.41) is 4.42. The molecule has 0 saturated carbocycles. The lowest BCUT2D eigenvalue weighted by Crippen LogP contribution is -2.12. The lowest BCUT2D eigenvalue weighted by Gasteiger charge is -2.06. The Kier molecular flexibility index (Phi) is 4.07. The van der Waals surface area contributed by atoms with Crippen LogP contribution >= 0.6 is 11.3 Å². The van der Waals surface area contributed by atoms with Crippen LogP contribution in [0.2, 0.25) is 0 Å². The van der Waals surface area contributed by atoms with Crippen LogP contribution in [0.4, 0.5) is 5.69 Å². The number of carbonyl (C=O) groups is 2. The molecule has 0 bridgehead atoms. The van der Waals surface area contributed by atoms with E-state index in [9.17, 15) is 9.59 Å². The smallest absolute Gasteiger partial charge is 0.275 e. The van der Waals surface area contributed by atoms with E-state index < -0.39 is 0 Å². The Balaban J connectivity index is 1.81. The number of benzene rings is 2. The summed E-state index contributed by atoms with van der Waals surface area (Å²) in [5.74, 6) is -0.365.